The molecule has 4 nitrogen and oxygen atoms in total. The first-order chi connectivity index (χ1) is 12.3. The molecule has 1 aliphatic carbocycles. The Morgan fingerprint density at radius 1 is 1.19 bits per heavy atom. The van der Waals surface area contributed by atoms with E-state index in [4.69, 9.17) is 14.6 Å². The van der Waals surface area contributed by atoms with Crippen molar-refractivity contribution in [2.24, 2.45) is 17.3 Å². The Labute approximate surface area is 155 Å². The molecule has 1 aromatic carbocycles. The number of aliphatic hydroxyl groups is 1. The minimum absolute atomic E-state index is 0.0386. The smallest absolute Gasteiger partial charge is 0.307 e. The molecule has 0 saturated heterocycles. The van der Waals surface area contributed by atoms with E-state index in [-0.39, 0.29) is 23.9 Å². The summed E-state index contributed by atoms with van der Waals surface area (Å²) in [6.45, 7) is 8.07. The number of hydrogen-bond acceptors (Lipinski definition) is 3. The van der Waals surface area contributed by atoms with E-state index >= 15 is 0 Å². The average Bonchev–Trinajstić information content (AvgIpc) is 2.92. The maximum atomic E-state index is 10.7. The van der Waals surface area contributed by atoms with Gasteiger partial charge in [-0.3, -0.25) is 4.79 Å². The van der Waals surface area contributed by atoms with Crippen molar-refractivity contribution >= 4 is 5.97 Å². The zero-order valence-corrected chi connectivity index (χ0v) is 15.9. The van der Waals surface area contributed by atoms with Crippen molar-refractivity contribution in [2.45, 2.75) is 40.7 Å². The molecule has 2 aromatic rings. The van der Waals surface area contributed by atoms with E-state index in [1.807, 2.05) is 52.0 Å². The van der Waals surface area contributed by atoms with E-state index in [9.17, 15) is 4.79 Å². The summed E-state index contributed by atoms with van der Waals surface area (Å²) >= 11 is 0. The van der Waals surface area contributed by atoms with Crippen molar-refractivity contribution in [1.82, 2.24) is 0 Å². The zero-order valence-electron chi connectivity index (χ0n) is 15.9. The minimum atomic E-state index is -0.664. The first-order valence-electron chi connectivity index (χ1n) is 8.84. The molecule has 0 unspecified atom stereocenters. The Morgan fingerprint density at radius 3 is 2.31 bits per heavy atom. The lowest BCUT2D eigenvalue weighted by Gasteiger charge is -1.96. The van der Waals surface area contributed by atoms with Crippen LogP contribution in [0.3, 0.4) is 0 Å². The van der Waals surface area contributed by atoms with Gasteiger partial charge in [-0.1, -0.05) is 55.8 Å². The molecule has 1 aliphatic rings. The fourth-order valence-electron chi connectivity index (χ4n) is 3.22. The summed E-state index contributed by atoms with van der Waals surface area (Å²) in [5.41, 5.74) is 3.21. The molecular formula is C22H28O4. The van der Waals surface area contributed by atoms with Crippen molar-refractivity contribution in [1.29, 1.82) is 0 Å². The number of carboxylic acids is 1. The Morgan fingerprint density at radius 2 is 1.85 bits per heavy atom. The Bertz CT molecular complexity index is 751. The molecule has 3 rings (SSSR count). The van der Waals surface area contributed by atoms with Gasteiger partial charge in [-0.05, 0) is 36.8 Å². The molecule has 2 atom stereocenters. The molecule has 4 heteroatoms. The maximum absolute atomic E-state index is 10.7. The van der Waals surface area contributed by atoms with E-state index in [1.165, 1.54) is 11.1 Å². The number of rotatable bonds is 5. The monoisotopic (exact) mass is 356 g/mol. The SMILES string of the molecule is CC(C)=C[C@H]1[C@H](C(=O)O)C1(C)C.OCc1coc(Cc2ccccc2)c1. The summed E-state index contributed by atoms with van der Waals surface area (Å²) in [6.07, 6.45) is 4.44. The number of aliphatic hydroxyl groups excluding tert-OH is 1. The van der Waals surface area contributed by atoms with Crippen LogP contribution in [0.5, 0.6) is 0 Å². The van der Waals surface area contributed by atoms with Gasteiger partial charge in [0.05, 0.1) is 18.8 Å². The third-order valence-corrected chi connectivity index (χ3v) is 4.80. The van der Waals surface area contributed by atoms with Crippen molar-refractivity contribution in [3.63, 3.8) is 0 Å². The number of carbonyl (C=O) groups is 1. The van der Waals surface area contributed by atoms with Gasteiger partial charge in [-0.2, -0.15) is 0 Å². The molecule has 1 saturated carbocycles. The number of carboxylic acid groups (broad SMARTS) is 1. The van der Waals surface area contributed by atoms with Crippen molar-refractivity contribution < 1.29 is 19.4 Å². The standard InChI is InChI=1S/C12H12O2.C10H16O2/c13-8-11-7-12(14-9-11)6-10-4-2-1-3-5-10;1-6(2)5-7-8(9(11)12)10(7,3)4/h1-5,7,9,13H,6,8H2;5,7-8H,1-4H3,(H,11,12)/t;7-,8+/m.0/s1. The zero-order chi connectivity index (χ0) is 19.3. The van der Waals surface area contributed by atoms with Gasteiger partial charge in [-0.25, -0.2) is 0 Å². The van der Waals surface area contributed by atoms with Crippen LogP contribution in [0.4, 0.5) is 0 Å². The lowest BCUT2D eigenvalue weighted by molar-refractivity contribution is -0.139. The number of aliphatic carboxylic acids is 1. The van der Waals surface area contributed by atoms with Gasteiger partial charge in [0, 0.05) is 12.0 Å². The lowest BCUT2D eigenvalue weighted by atomic mass is 10.1. The predicted molar refractivity (Wildman–Crippen MR) is 102 cm³/mol. The summed E-state index contributed by atoms with van der Waals surface area (Å²) < 4.78 is 5.30. The van der Waals surface area contributed by atoms with E-state index in [2.05, 4.69) is 18.2 Å². The number of benzene rings is 1. The fraction of sp³-hybridized carbons (Fsp3) is 0.409. The highest BCUT2D eigenvalue weighted by Crippen LogP contribution is 2.59. The lowest BCUT2D eigenvalue weighted by Crippen LogP contribution is -2.02. The summed E-state index contributed by atoms with van der Waals surface area (Å²) in [7, 11) is 0. The fourth-order valence-corrected chi connectivity index (χ4v) is 3.22. The van der Waals surface area contributed by atoms with Crippen molar-refractivity contribution in [3.8, 4) is 0 Å². The van der Waals surface area contributed by atoms with Gasteiger partial charge in [-0.15, -0.1) is 0 Å². The second-order valence-corrected chi connectivity index (χ2v) is 7.65. The normalized spacial score (nSPS) is 19.9. The molecule has 26 heavy (non-hydrogen) atoms. The molecule has 1 aromatic heterocycles. The molecule has 0 spiro atoms. The molecule has 0 amide bonds. The van der Waals surface area contributed by atoms with E-state index in [0.717, 1.165) is 17.7 Å². The highest BCUT2D eigenvalue weighted by atomic mass is 16.4. The van der Waals surface area contributed by atoms with Crippen LogP contribution in [0, 0.1) is 17.3 Å². The highest BCUT2D eigenvalue weighted by Gasteiger charge is 2.60. The Kier molecular flexibility index (Phi) is 6.43. The third kappa shape index (κ3) is 5.09. The highest BCUT2D eigenvalue weighted by molar-refractivity contribution is 5.76. The summed E-state index contributed by atoms with van der Waals surface area (Å²) in [5.74, 6) is 0.287. The largest absolute Gasteiger partial charge is 0.481 e. The van der Waals surface area contributed by atoms with Gasteiger partial charge >= 0.3 is 5.97 Å². The van der Waals surface area contributed by atoms with Crippen molar-refractivity contribution in [3.05, 3.63) is 71.2 Å². The third-order valence-electron chi connectivity index (χ3n) is 4.80. The van der Waals surface area contributed by atoms with Crippen LogP contribution in [0.15, 0.2) is 58.7 Å². The summed E-state index contributed by atoms with van der Waals surface area (Å²) in [6, 6.07) is 12.0. The predicted octanol–water partition coefficient (Wildman–Crippen LogP) is 4.67. The van der Waals surface area contributed by atoms with Gasteiger partial charge in [0.2, 0.25) is 0 Å². The number of hydrogen-bond donors (Lipinski definition) is 2. The maximum Gasteiger partial charge on any atom is 0.307 e. The van der Waals surface area contributed by atoms with Crippen LogP contribution in [0.25, 0.3) is 0 Å². The molecule has 140 valence electrons. The van der Waals surface area contributed by atoms with E-state index in [1.54, 1.807) is 6.26 Å². The Balaban J connectivity index is 0.000000190. The van der Waals surface area contributed by atoms with Gasteiger partial charge < -0.3 is 14.6 Å². The summed E-state index contributed by atoms with van der Waals surface area (Å²) in [4.78, 5) is 10.7. The quantitative estimate of drug-likeness (QED) is 0.764. The van der Waals surface area contributed by atoms with Crippen LogP contribution in [0.2, 0.25) is 0 Å². The second kappa shape index (κ2) is 8.37. The van der Waals surface area contributed by atoms with Crippen LogP contribution in [0.1, 0.15) is 44.6 Å². The number of allylic oxidation sites excluding steroid dienone is 2. The van der Waals surface area contributed by atoms with Gasteiger partial charge in [0.15, 0.2) is 0 Å². The van der Waals surface area contributed by atoms with Gasteiger partial charge in [0.25, 0.3) is 0 Å². The first kappa shape index (κ1) is 20.0. The summed E-state index contributed by atoms with van der Waals surface area (Å²) in [5, 5.41) is 17.7. The van der Waals surface area contributed by atoms with E-state index < -0.39 is 5.97 Å². The average molecular weight is 356 g/mol. The molecular weight excluding hydrogens is 328 g/mol. The van der Waals surface area contributed by atoms with E-state index in [0.29, 0.717) is 0 Å². The van der Waals surface area contributed by atoms with Crippen LogP contribution in [-0.4, -0.2) is 16.2 Å². The molecule has 1 heterocycles. The molecule has 0 radical (unpaired) electrons. The topological polar surface area (TPSA) is 70.7 Å². The van der Waals surface area contributed by atoms with Crippen molar-refractivity contribution in [2.75, 3.05) is 0 Å². The molecule has 0 bridgehead atoms. The minimum Gasteiger partial charge on any atom is -0.481 e. The Hall–Kier alpha value is -2.33. The first-order valence-corrected chi connectivity index (χ1v) is 8.84. The molecule has 0 aliphatic heterocycles. The molecule has 1 fully saturated rings. The second-order valence-electron chi connectivity index (χ2n) is 7.65. The molecule has 2 N–H and O–H groups in total. The van der Waals surface area contributed by atoms with Crippen LogP contribution in [-0.2, 0) is 17.8 Å². The van der Waals surface area contributed by atoms with Crippen LogP contribution < -0.4 is 0 Å². The van der Waals surface area contributed by atoms with Crippen LogP contribution >= 0.6 is 0 Å². The van der Waals surface area contributed by atoms with Gasteiger partial charge in [0.1, 0.15) is 5.76 Å². The number of furan rings is 1.